The van der Waals surface area contributed by atoms with Gasteiger partial charge < -0.3 is 14.2 Å². The summed E-state index contributed by atoms with van der Waals surface area (Å²) >= 11 is 0. The third kappa shape index (κ3) is 3.12. The Bertz CT molecular complexity index is 812. The van der Waals surface area contributed by atoms with E-state index < -0.39 is 0 Å². The van der Waals surface area contributed by atoms with Crippen LogP contribution in [0.3, 0.4) is 0 Å². The Kier molecular flexibility index (Phi) is 3.93. The molecule has 0 aliphatic rings. The highest BCUT2D eigenvalue weighted by Crippen LogP contribution is 2.21. The second kappa shape index (κ2) is 5.77. The highest BCUT2D eigenvalue weighted by molar-refractivity contribution is 5.48. The zero-order valence-corrected chi connectivity index (χ0v) is 14.3. The molecule has 0 aliphatic carbocycles. The van der Waals surface area contributed by atoms with Crippen LogP contribution < -0.4 is 5.32 Å². The van der Waals surface area contributed by atoms with Gasteiger partial charge in [-0.05, 0) is 25.5 Å². The van der Waals surface area contributed by atoms with E-state index in [1.54, 1.807) is 0 Å². The van der Waals surface area contributed by atoms with E-state index in [1.165, 1.54) is 5.56 Å². The summed E-state index contributed by atoms with van der Waals surface area (Å²) in [6.45, 7) is 11.0. The first-order valence-electron chi connectivity index (χ1n) is 7.85. The Labute approximate surface area is 135 Å². The second-order valence-electron chi connectivity index (χ2n) is 6.94. The molecule has 0 saturated carbocycles. The van der Waals surface area contributed by atoms with Crippen molar-refractivity contribution in [2.75, 3.05) is 0 Å². The van der Waals surface area contributed by atoms with Gasteiger partial charge in [-0.3, -0.25) is 0 Å². The number of nitrogens with one attached hydrogen (secondary N) is 1. The summed E-state index contributed by atoms with van der Waals surface area (Å²) in [5.74, 6) is 1.34. The van der Waals surface area contributed by atoms with E-state index in [9.17, 15) is 0 Å². The average Bonchev–Trinajstić information content (AvgIpc) is 3.12. The minimum absolute atomic E-state index is 0.0195. The molecule has 3 heterocycles. The van der Waals surface area contributed by atoms with Gasteiger partial charge in [0.05, 0.1) is 17.9 Å². The molecule has 0 aliphatic heterocycles. The fraction of sp³-hybridized carbons (Fsp3) is 0.471. The standard InChI is InChI=1S/C17H23N5O/c1-11-7-6-8-22-13(10-19-14(11)22)9-18-12(2)15-20-16(21-23-15)17(3,4)5/h6-8,10,12,18H,9H2,1-5H3. The van der Waals surface area contributed by atoms with E-state index in [1.807, 2.05) is 25.4 Å². The van der Waals surface area contributed by atoms with E-state index in [-0.39, 0.29) is 11.5 Å². The van der Waals surface area contributed by atoms with Gasteiger partial charge >= 0.3 is 0 Å². The van der Waals surface area contributed by atoms with Crippen molar-refractivity contribution in [2.24, 2.45) is 0 Å². The molecule has 3 aromatic rings. The molecular weight excluding hydrogens is 290 g/mol. The lowest BCUT2D eigenvalue weighted by Crippen LogP contribution is -2.20. The number of aromatic nitrogens is 4. The highest BCUT2D eigenvalue weighted by atomic mass is 16.5. The number of hydrogen-bond donors (Lipinski definition) is 1. The summed E-state index contributed by atoms with van der Waals surface area (Å²) < 4.78 is 7.48. The summed E-state index contributed by atoms with van der Waals surface area (Å²) in [5, 5.41) is 7.49. The van der Waals surface area contributed by atoms with Gasteiger partial charge in [-0.2, -0.15) is 4.98 Å². The van der Waals surface area contributed by atoms with Gasteiger partial charge in [-0.15, -0.1) is 0 Å². The highest BCUT2D eigenvalue weighted by Gasteiger charge is 2.23. The number of aryl methyl sites for hydroxylation is 1. The van der Waals surface area contributed by atoms with Crippen molar-refractivity contribution in [3.8, 4) is 0 Å². The molecule has 0 amide bonds. The maximum Gasteiger partial charge on any atom is 0.243 e. The van der Waals surface area contributed by atoms with Gasteiger partial charge in [-0.25, -0.2) is 4.98 Å². The quantitative estimate of drug-likeness (QED) is 0.801. The third-order valence-electron chi connectivity index (χ3n) is 3.88. The number of rotatable bonds is 4. The molecule has 0 fully saturated rings. The van der Waals surface area contributed by atoms with Gasteiger partial charge in [0, 0.05) is 18.2 Å². The molecule has 0 bridgehead atoms. The van der Waals surface area contributed by atoms with Crippen molar-refractivity contribution in [1.82, 2.24) is 24.8 Å². The van der Waals surface area contributed by atoms with Crippen LogP contribution in [-0.4, -0.2) is 19.5 Å². The van der Waals surface area contributed by atoms with E-state index in [0.717, 1.165) is 17.2 Å². The maximum atomic E-state index is 5.38. The number of fused-ring (bicyclic) bond motifs is 1. The molecule has 6 heteroatoms. The maximum absolute atomic E-state index is 5.38. The summed E-state index contributed by atoms with van der Waals surface area (Å²) in [5.41, 5.74) is 3.15. The van der Waals surface area contributed by atoms with Gasteiger partial charge in [0.15, 0.2) is 5.82 Å². The van der Waals surface area contributed by atoms with Crippen LogP contribution >= 0.6 is 0 Å². The molecule has 23 heavy (non-hydrogen) atoms. The molecule has 6 nitrogen and oxygen atoms in total. The number of imidazole rings is 1. The van der Waals surface area contributed by atoms with Crippen molar-refractivity contribution in [3.05, 3.63) is 47.5 Å². The number of pyridine rings is 1. The molecule has 1 N–H and O–H groups in total. The lowest BCUT2D eigenvalue weighted by atomic mass is 9.96. The van der Waals surface area contributed by atoms with Crippen LogP contribution in [0.25, 0.3) is 5.65 Å². The largest absolute Gasteiger partial charge is 0.338 e. The fourth-order valence-electron chi connectivity index (χ4n) is 2.39. The molecule has 3 rings (SSSR count). The van der Waals surface area contributed by atoms with Gasteiger partial charge in [0.2, 0.25) is 5.89 Å². The van der Waals surface area contributed by atoms with Crippen LogP contribution in [0.1, 0.15) is 56.7 Å². The van der Waals surface area contributed by atoms with E-state index >= 15 is 0 Å². The molecule has 122 valence electrons. The molecule has 1 unspecified atom stereocenters. The Hall–Kier alpha value is -2.21. The molecule has 1 atom stereocenters. The summed E-state index contributed by atoms with van der Waals surface area (Å²) in [6, 6.07) is 4.08. The molecule has 0 spiro atoms. The van der Waals surface area contributed by atoms with E-state index in [2.05, 4.69) is 58.6 Å². The first-order valence-corrected chi connectivity index (χ1v) is 7.85. The normalized spacial score (nSPS) is 13.6. The monoisotopic (exact) mass is 313 g/mol. The van der Waals surface area contributed by atoms with Gasteiger partial charge in [0.1, 0.15) is 5.65 Å². The average molecular weight is 313 g/mol. The van der Waals surface area contributed by atoms with Gasteiger partial charge in [-0.1, -0.05) is 32.0 Å². The summed E-state index contributed by atoms with van der Waals surface area (Å²) in [6.07, 6.45) is 3.93. The predicted octanol–water partition coefficient (Wildman–Crippen LogP) is 3.17. The lowest BCUT2D eigenvalue weighted by molar-refractivity contribution is 0.330. The number of nitrogens with zero attached hydrogens (tertiary/aromatic N) is 4. The smallest absolute Gasteiger partial charge is 0.243 e. The van der Waals surface area contributed by atoms with Gasteiger partial charge in [0.25, 0.3) is 0 Å². The minimum atomic E-state index is -0.110. The molecule has 3 aromatic heterocycles. The van der Waals surface area contributed by atoms with Crippen LogP contribution in [0.15, 0.2) is 29.0 Å². The van der Waals surface area contributed by atoms with Crippen molar-refractivity contribution in [3.63, 3.8) is 0 Å². The van der Waals surface area contributed by atoms with E-state index in [4.69, 9.17) is 4.52 Å². The predicted molar refractivity (Wildman–Crippen MR) is 88.2 cm³/mol. The van der Waals surface area contributed by atoms with Crippen molar-refractivity contribution in [2.45, 2.75) is 52.6 Å². The zero-order chi connectivity index (χ0) is 16.6. The third-order valence-corrected chi connectivity index (χ3v) is 3.88. The van der Waals surface area contributed by atoms with Crippen LogP contribution in [0.2, 0.25) is 0 Å². The topological polar surface area (TPSA) is 68.2 Å². The Balaban J connectivity index is 1.72. The second-order valence-corrected chi connectivity index (χ2v) is 6.94. The minimum Gasteiger partial charge on any atom is -0.338 e. The molecule has 0 radical (unpaired) electrons. The van der Waals surface area contributed by atoms with Crippen LogP contribution in [0, 0.1) is 6.92 Å². The van der Waals surface area contributed by atoms with Crippen molar-refractivity contribution >= 4 is 5.65 Å². The Morgan fingerprint density at radius 2 is 2.13 bits per heavy atom. The van der Waals surface area contributed by atoms with Crippen LogP contribution in [0.4, 0.5) is 0 Å². The van der Waals surface area contributed by atoms with Crippen LogP contribution in [-0.2, 0) is 12.0 Å². The molecular formula is C17H23N5O. The summed E-state index contributed by atoms with van der Waals surface area (Å²) in [7, 11) is 0. The fourth-order valence-corrected chi connectivity index (χ4v) is 2.39. The zero-order valence-electron chi connectivity index (χ0n) is 14.3. The molecule has 0 saturated heterocycles. The number of hydrogen-bond acceptors (Lipinski definition) is 5. The Morgan fingerprint density at radius 1 is 1.35 bits per heavy atom. The van der Waals surface area contributed by atoms with Crippen molar-refractivity contribution < 1.29 is 4.52 Å². The van der Waals surface area contributed by atoms with Crippen molar-refractivity contribution in [1.29, 1.82) is 0 Å². The molecule has 0 aromatic carbocycles. The first-order chi connectivity index (χ1) is 10.9. The Morgan fingerprint density at radius 3 is 2.83 bits per heavy atom. The first kappa shape index (κ1) is 15.7. The lowest BCUT2D eigenvalue weighted by Gasteiger charge is -2.12. The summed E-state index contributed by atoms with van der Waals surface area (Å²) in [4.78, 5) is 8.97. The van der Waals surface area contributed by atoms with E-state index in [0.29, 0.717) is 12.4 Å². The van der Waals surface area contributed by atoms with Crippen LogP contribution in [0.5, 0.6) is 0 Å². The SMILES string of the molecule is Cc1cccn2c(CNC(C)c3nc(C(C)(C)C)no3)cnc12.